The maximum Gasteiger partial charge on any atom is 0.336 e. The van der Waals surface area contributed by atoms with Crippen LogP contribution in [0.4, 0.5) is 10.1 Å². The molecule has 190 valence electrons. The fourth-order valence-electron chi connectivity index (χ4n) is 4.83. The summed E-state index contributed by atoms with van der Waals surface area (Å²) in [4.78, 5) is 44.2. The first-order chi connectivity index (χ1) is 17.3. The minimum Gasteiger partial charge on any atom is -0.463 e. The highest BCUT2D eigenvalue weighted by molar-refractivity contribution is 6.30. The molecule has 2 aromatic carbocycles. The number of piperazine rings is 1. The number of hydrogen-bond acceptors (Lipinski definition) is 5. The molecule has 0 N–H and O–H groups in total. The number of carbonyl (C=O) groups is 3. The first-order valence-corrected chi connectivity index (χ1v) is 12.4. The van der Waals surface area contributed by atoms with E-state index in [9.17, 15) is 18.8 Å². The average molecular weight is 514 g/mol. The molecule has 2 aromatic rings. The lowest BCUT2D eigenvalue weighted by Gasteiger charge is -2.38. The van der Waals surface area contributed by atoms with Gasteiger partial charge in [0.05, 0.1) is 17.9 Å². The summed E-state index contributed by atoms with van der Waals surface area (Å²) >= 11 is 6.16. The smallest absolute Gasteiger partial charge is 0.336 e. The zero-order valence-electron chi connectivity index (χ0n) is 20.4. The Kier molecular flexibility index (Phi) is 7.94. The van der Waals surface area contributed by atoms with E-state index in [-0.39, 0.29) is 37.2 Å². The molecule has 36 heavy (non-hydrogen) atoms. The number of hydrogen-bond donors (Lipinski definition) is 0. The van der Waals surface area contributed by atoms with E-state index in [4.69, 9.17) is 16.3 Å². The summed E-state index contributed by atoms with van der Waals surface area (Å²) < 4.78 is 19.4. The van der Waals surface area contributed by atoms with Gasteiger partial charge in [-0.05, 0) is 43.7 Å². The summed E-state index contributed by atoms with van der Waals surface area (Å²) in [7, 11) is 0. The molecular formula is C27H29ClFN3O4. The van der Waals surface area contributed by atoms with E-state index in [0.29, 0.717) is 48.2 Å². The van der Waals surface area contributed by atoms with Crippen LogP contribution >= 0.6 is 11.6 Å². The van der Waals surface area contributed by atoms with Crippen LogP contribution in [0.15, 0.2) is 59.8 Å². The summed E-state index contributed by atoms with van der Waals surface area (Å²) in [6.07, 6.45) is 0.0279. The number of para-hydroxylation sites is 1. The molecule has 0 aromatic heterocycles. The highest BCUT2D eigenvalue weighted by Gasteiger charge is 2.38. The van der Waals surface area contributed by atoms with Crippen LogP contribution in [-0.4, -0.2) is 66.9 Å². The predicted octanol–water partition coefficient (Wildman–Crippen LogP) is 3.98. The van der Waals surface area contributed by atoms with Crippen molar-refractivity contribution in [2.75, 3.05) is 44.2 Å². The molecule has 2 aliphatic rings. The van der Waals surface area contributed by atoms with Crippen LogP contribution in [-0.2, 0) is 19.1 Å². The lowest BCUT2D eigenvalue weighted by atomic mass is 9.83. The predicted molar refractivity (Wildman–Crippen MR) is 135 cm³/mol. The Labute approximate surface area is 215 Å². The molecule has 1 atom stereocenters. The van der Waals surface area contributed by atoms with Crippen LogP contribution in [0.2, 0.25) is 5.02 Å². The summed E-state index contributed by atoms with van der Waals surface area (Å²) in [5, 5.41) is 0.507. The van der Waals surface area contributed by atoms with E-state index in [0.717, 1.165) is 5.56 Å². The Morgan fingerprint density at radius 2 is 1.81 bits per heavy atom. The number of amides is 2. The summed E-state index contributed by atoms with van der Waals surface area (Å²) in [6, 6.07) is 13.6. The van der Waals surface area contributed by atoms with E-state index in [2.05, 4.69) is 0 Å². The molecule has 0 spiro atoms. The van der Waals surface area contributed by atoms with Gasteiger partial charge in [-0.25, -0.2) is 9.18 Å². The van der Waals surface area contributed by atoms with Gasteiger partial charge in [0.25, 0.3) is 0 Å². The van der Waals surface area contributed by atoms with Gasteiger partial charge in [-0.3, -0.25) is 9.59 Å². The van der Waals surface area contributed by atoms with E-state index in [1.165, 1.54) is 11.0 Å². The van der Waals surface area contributed by atoms with Gasteiger partial charge in [-0.1, -0.05) is 35.9 Å². The van der Waals surface area contributed by atoms with Gasteiger partial charge in [0.15, 0.2) is 0 Å². The van der Waals surface area contributed by atoms with E-state index >= 15 is 0 Å². The number of esters is 1. The third-order valence-electron chi connectivity index (χ3n) is 6.69. The van der Waals surface area contributed by atoms with Crippen LogP contribution < -0.4 is 4.90 Å². The van der Waals surface area contributed by atoms with E-state index in [1.54, 1.807) is 55.1 Å². The van der Waals surface area contributed by atoms with Crippen molar-refractivity contribution in [3.63, 3.8) is 0 Å². The van der Waals surface area contributed by atoms with Gasteiger partial charge in [0.1, 0.15) is 12.4 Å². The second-order valence-corrected chi connectivity index (χ2v) is 9.27. The van der Waals surface area contributed by atoms with Crippen molar-refractivity contribution in [1.82, 2.24) is 9.80 Å². The number of allylic oxidation sites excluding steroid dienone is 1. The third-order valence-corrected chi connectivity index (χ3v) is 6.92. The standard InChI is InChI=1S/C27H29ClFN3O4/c1-3-36-27(35)26-18(2)32(24(33)16-21(26)19-7-6-8-20(28)15-19)17-25(34)31-13-11-30(12-14-31)23-10-5-4-9-22(23)29/h4-10,15,21H,3,11-14,16-17H2,1-2H3. The number of ether oxygens (including phenoxy) is 1. The molecule has 9 heteroatoms. The Morgan fingerprint density at radius 3 is 2.47 bits per heavy atom. The molecule has 0 aliphatic carbocycles. The molecular weight excluding hydrogens is 485 g/mol. The molecule has 2 aliphatic heterocycles. The Bertz CT molecular complexity index is 1190. The molecule has 0 radical (unpaired) electrons. The molecule has 2 heterocycles. The zero-order valence-corrected chi connectivity index (χ0v) is 21.1. The monoisotopic (exact) mass is 513 g/mol. The van der Waals surface area contributed by atoms with Gasteiger partial charge in [0, 0.05) is 49.2 Å². The highest BCUT2D eigenvalue weighted by atomic mass is 35.5. The molecule has 1 fully saturated rings. The Morgan fingerprint density at radius 1 is 1.08 bits per heavy atom. The fourth-order valence-corrected chi connectivity index (χ4v) is 5.02. The Hall–Kier alpha value is -3.39. The lowest BCUT2D eigenvalue weighted by Crippen LogP contribution is -2.52. The van der Waals surface area contributed by atoms with Crippen LogP contribution in [0.3, 0.4) is 0 Å². The van der Waals surface area contributed by atoms with Crippen molar-refractivity contribution in [1.29, 1.82) is 0 Å². The van der Waals surface area contributed by atoms with Crippen LogP contribution in [0, 0.1) is 5.82 Å². The summed E-state index contributed by atoms with van der Waals surface area (Å²) in [5.74, 6) is -1.78. The highest BCUT2D eigenvalue weighted by Crippen LogP contribution is 2.37. The minimum absolute atomic E-state index is 0.0279. The molecule has 0 bridgehead atoms. The van der Waals surface area contributed by atoms with Gasteiger partial charge >= 0.3 is 5.97 Å². The second kappa shape index (κ2) is 11.1. The molecule has 4 rings (SSSR count). The molecule has 7 nitrogen and oxygen atoms in total. The number of halogens is 2. The van der Waals surface area contributed by atoms with Crippen molar-refractivity contribution >= 4 is 35.1 Å². The van der Waals surface area contributed by atoms with Crippen LogP contribution in [0.1, 0.15) is 31.7 Å². The van der Waals surface area contributed by atoms with Crippen LogP contribution in [0.5, 0.6) is 0 Å². The maximum atomic E-state index is 14.1. The maximum absolute atomic E-state index is 14.1. The van der Waals surface area contributed by atoms with Gasteiger partial charge in [-0.2, -0.15) is 0 Å². The minimum atomic E-state index is -0.511. The van der Waals surface area contributed by atoms with Crippen molar-refractivity contribution in [2.45, 2.75) is 26.2 Å². The van der Waals surface area contributed by atoms with Crippen molar-refractivity contribution in [3.05, 3.63) is 76.2 Å². The van der Waals surface area contributed by atoms with Crippen molar-refractivity contribution in [3.8, 4) is 0 Å². The topological polar surface area (TPSA) is 70.2 Å². The van der Waals surface area contributed by atoms with Crippen LogP contribution in [0.25, 0.3) is 0 Å². The number of carbonyl (C=O) groups excluding carboxylic acids is 3. The van der Waals surface area contributed by atoms with E-state index in [1.807, 2.05) is 11.0 Å². The van der Waals surface area contributed by atoms with Crippen molar-refractivity contribution in [2.24, 2.45) is 0 Å². The van der Waals surface area contributed by atoms with Gasteiger partial charge < -0.3 is 19.4 Å². The summed E-state index contributed by atoms with van der Waals surface area (Å²) in [6.45, 7) is 5.21. The Balaban J connectivity index is 1.51. The number of nitrogens with zero attached hydrogens (tertiary/aromatic N) is 3. The third kappa shape index (κ3) is 5.38. The second-order valence-electron chi connectivity index (χ2n) is 8.83. The lowest BCUT2D eigenvalue weighted by molar-refractivity contribution is -0.142. The van der Waals surface area contributed by atoms with Crippen molar-refractivity contribution < 1.29 is 23.5 Å². The first kappa shape index (κ1) is 25.7. The van der Waals surface area contributed by atoms with E-state index < -0.39 is 11.9 Å². The van der Waals surface area contributed by atoms with Gasteiger partial charge in [-0.15, -0.1) is 0 Å². The molecule has 1 unspecified atom stereocenters. The summed E-state index contributed by atoms with van der Waals surface area (Å²) in [5.41, 5.74) is 2.03. The molecule has 0 saturated carbocycles. The first-order valence-electron chi connectivity index (χ1n) is 12.0. The normalized spacial score (nSPS) is 18.5. The zero-order chi connectivity index (χ0) is 25.8. The molecule has 2 amide bonds. The largest absolute Gasteiger partial charge is 0.463 e. The van der Waals surface area contributed by atoms with Gasteiger partial charge in [0.2, 0.25) is 11.8 Å². The number of rotatable bonds is 6. The quantitative estimate of drug-likeness (QED) is 0.546. The fraction of sp³-hybridized carbons (Fsp3) is 0.370. The number of anilines is 1. The number of benzene rings is 2. The SMILES string of the molecule is CCOC(=O)C1=C(C)N(CC(=O)N2CCN(c3ccccc3F)CC2)C(=O)CC1c1cccc(Cl)c1. The average Bonchev–Trinajstić information content (AvgIpc) is 2.86. The molecule has 1 saturated heterocycles.